The van der Waals surface area contributed by atoms with Gasteiger partial charge in [-0.3, -0.25) is 9.36 Å². The summed E-state index contributed by atoms with van der Waals surface area (Å²) in [6.45, 7) is 1.82. The normalized spacial score (nSPS) is 11.7. The lowest BCUT2D eigenvalue weighted by Gasteiger charge is -2.24. The molecule has 0 radical (unpaired) electrons. The molecule has 0 spiro atoms. The zero-order valence-electron chi connectivity index (χ0n) is 20.3. The molecule has 1 heterocycles. The molecule has 4 aromatic carbocycles. The van der Waals surface area contributed by atoms with Gasteiger partial charge in [0.2, 0.25) is 0 Å². The van der Waals surface area contributed by atoms with E-state index in [0.29, 0.717) is 28.1 Å². The molecule has 0 atom stereocenters. The molecule has 0 aliphatic rings. The number of aryl methyl sites for hydroxylation is 1. The van der Waals surface area contributed by atoms with Gasteiger partial charge in [-0.25, -0.2) is 4.98 Å². The van der Waals surface area contributed by atoms with Crippen molar-refractivity contribution in [3.8, 4) is 0 Å². The fourth-order valence-electron chi connectivity index (χ4n) is 4.59. The zero-order chi connectivity index (χ0) is 26.2. The number of rotatable bonds is 5. The van der Waals surface area contributed by atoms with Gasteiger partial charge in [-0.15, -0.1) is 0 Å². The van der Waals surface area contributed by atoms with Crippen molar-refractivity contribution in [2.45, 2.75) is 19.1 Å². The lowest BCUT2D eigenvalue weighted by molar-refractivity contribution is -0.137. The molecule has 5 rings (SSSR count). The third-order valence-electron chi connectivity index (χ3n) is 6.52. The third kappa shape index (κ3) is 4.72. The van der Waals surface area contributed by atoms with Gasteiger partial charge in [0.15, 0.2) is 0 Å². The van der Waals surface area contributed by atoms with Crippen molar-refractivity contribution in [2.24, 2.45) is 0 Å². The molecule has 5 aromatic rings. The molecule has 0 saturated carbocycles. The summed E-state index contributed by atoms with van der Waals surface area (Å²) in [5.74, 6) is 0.582. The molecule has 0 aliphatic heterocycles. The van der Waals surface area contributed by atoms with Crippen molar-refractivity contribution in [1.29, 1.82) is 0 Å². The Labute approximate surface area is 212 Å². The molecule has 4 nitrogen and oxygen atoms in total. The summed E-state index contributed by atoms with van der Waals surface area (Å²) < 4.78 is 40.7. The summed E-state index contributed by atoms with van der Waals surface area (Å²) in [7, 11) is 1.75. The van der Waals surface area contributed by atoms with Crippen LogP contribution in [0.25, 0.3) is 10.9 Å². The standard InChI is InChI=1S/C30H24F3N3O/c1-20-34-27-18-17-25(35(2)24-15-13-23(14-16-24)30(31,32)33)19-26(27)29(37)36(20)28(21-9-5-3-6-10-21)22-11-7-4-8-12-22/h3-19,28H,1-2H3. The Bertz CT molecular complexity index is 1560. The van der Waals surface area contributed by atoms with Crippen LogP contribution in [0.3, 0.4) is 0 Å². The second-order valence-electron chi connectivity index (χ2n) is 8.86. The van der Waals surface area contributed by atoms with E-state index in [2.05, 4.69) is 0 Å². The van der Waals surface area contributed by atoms with E-state index in [1.165, 1.54) is 12.1 Å². The van der Waals surface area contributed by atoms with Crippen molar-refractivity contribution in [3.05, 3.63) is 136 Å². The molecule has 0 bridgehead atoms. The molecule has 186 valence electrons. The summed E-state index contributed by atoms with van der Waals surface area (Å²) in [6, 6.07) is 29.5. The van der Waals surface area contributed by atoms with Crippen LogP contribution in [0.2, 0.25) is 0 Å². The first-order chi connectivity index (χ1) is 17.7. The van der Waals surface area contributed by atoms with Gasteiger partial charge in [0.05, 0.1) is 22.5 Å². The number of hydrogen-bond acceptors (Lipinski definition) is 3. The van der Waals surface area contributed by atoms with Crippen LogP contribution in [-0.2, 0) is 6.18 Å². The van der Waals surface area contributed by atoms with Crippen molar-refractivity contribution < 1.29 is 13.2 Å². The average molecular weight is 500 g/mol. The van der Waals surface area contributed by atoms with E-state index in [1.54, 1.807) is 28.6 Å². The first-order valence-corrected chi connectivity index (χ1v) is 11.8. The lowest BCUT2D eigenvalue weighted by Crippen LogP contribution is -2.29. The highest BCUT2D eigenvalue weighted by Gasteiger charge is 2.30. The smallest absolute Gasteiger partial charge is 0.345 e. The number of alkyl halides is 3. The van der Waals surface area contributed by atoms with E-state index in [0.717, 1.165) is 23.3 Å². The Kier molecular flexibility index (Phi) is 6.29. The third-order valence-corrected chi connectivity index (χ3v) is 6.52. The van der Waals surface area contributed by atoms with Crippen molar-refractivity contribution >= 4 is 22.3 Å². The molecule has 0 fully saturated rings. The number of aromatic nitrogens is 2. The fraction of sp³-hybridized carbons (Fsp3) is 0.133. The van der Waals surface area contributed by atoms with Gasteiger partial charge in [-0.05, 0) is 60.5 Å². The highest BCUT2D eigenvalue weighted by Crippen LogP contribution is 2.33. The summed E-state index contributed by atoms with van der Waals surface area (Å²) in [5.41, 5.74) is 2.80. The predicted octanol–water partition coefficient (Wildman–Crippen LogP) is 7.13. The van der Waals surface area contributed by atoms with Crippen LogP contribution >= 0.6 is 0 Å². The Hall–Kier alpha value is -4.39. The van der Waals surface area contributed by atoms with Gasteiger partial charge in [0, 0.05) is 18.4 Å². The first kappa shape index (κ1) is 24.3. The highest BCUT2D eigenvalue weighted by atomic mass is 19.4. The second-order valence-corrected chi connectivity index (χ2v) is 8.86. The minimum Gasteiger partial charge on any atom is -0.345 e. The van der Waals surface area contributed by atoms with Gasteiger partial charge in [-0.2, -0.15) is 13.2 Å². The van der Waals surface area contributed by atoms with Crippen LogP contribution in [-0.4, -0.2) is 16.6 Å². The maximum Gasteiger partial charge on any atom is 0.416 e. The minimum atomic E-state index is -4.40. The second kappa shape index (κ2) is 9.58. The summed E-state index contributed by atoms with van der Waals surface area (Å²) in [4.78, 5) is 20.5. The maximum absolute atomic E-state index is 14.0. The highest BCUT2D eigenvalue weighted by molar-refractivity contribution is 5.83. The van der Waals surface area contributed by atoms with Crippen LogP contribution in [0.5, 0.6) is 0 Å². The van der Waals surface area contributed by atoms with Gasteiger partial charge >= 0.3 is 6.18 Å². The Morgan fingerprint density at radius 1 is 0.784 bits per heavy atom. The van der Waals surface area contributed by atoms with E-state index in [1.807, 2.05) is 73.7 Å². The Morgan fingerprint density at radius 3 is 1.86 bits per heavy atom. The molecule has 7 heteroatoms. The van der Waals surface area contributed by atoms with E-state index >= 15 is 0 Å². The van der Waals surface area contributed by atoms with Gasteiger partial charge in [-0.1, -0.05) is 60.7 Å². The minimum absolute atomic E-state index is 0.192. The van der Waals surface area contributed by atoms with Crippen molar-refractivity contribution in [1.82, 2.24) is 9.55 Å². The number of anilines is 2. The van der Waals surface area contributed by atoms with Gasteiger partial charge in [0.1, 0.15) is 5.82 Å². The van der Waals surface area contributed by atoms with Gasteiger partial charge < -0.3 is 4.90 Å². The van der Waals surface area contributed by atoms with Crippen LogP contribution in [0.4, 0.5) is 24.5 Å². The number of nitrogens with zero attached hydrogens (tertiary/aromatic N) is 3. The Morgan fingerprint density at radius 2 is 1.32 bits per heavy atom. The number of fused-ring (bicyclic) bond motifs is 1. The number of halogens is 3. The van der Waals surface area contributed by atoms with E-state index < -0.39 is 11.7 Å². The molecule has 0 amide bonds. The topological polar surface area (TPSA) is 38.1 Å². The molecule has 37 heavy (non-hydrogen) atoms. The monoisotopic (exact) mass is 499 g/mol. The summed E-state index contributed by atoms with van der Waals surface area (Å²) in [6.07, 6.45) is -4.40. The fourth-order valence-corrected chi connectivity index (χ4v) is 4.59. The molecular weight excluding hydrogens is 475 g/mol. The molecule has 0 aliphatic carbocycles. The molecule has 0 unspecified atom stereocenters. The van der Waals surface area contributed by atoms with Crippen LogP contribution in [0, 0.1) is 6.92 Å². The average Bonchev–Trinajstić information content (AvgIpc) is 2.91. The molecule has 1 aromatic heterocycles. The maximum atomic E-state index is 14.0. The molecule has 0 N–H and O–H groups in total. The van der Waals surface area contributed by atoms with Crippen LogP contribution in [0.1, 0.15) is 28.6 Å². The molecular formula is C30H24F3N3O. The van der Waals surface area contributed by atoms with Crippen LogP contribution < -0.4 is 10.5 Å². The SMILES string of the molecule is Cc1nc2ccc(N(C)c3ccc(C(F)(F)F)cc3)cc2c(=O)n1C(c1ccccc1)c1ccccc1. The largest absolute Gasteiger partial charge is 0.416 e. The summed E-state index contributed by atoms with van der Waals surface area (Å²) >= 11 is 0. The van der Waals surface area contributed by atoms with Gasteiger partial charge in [0.25, 0.3) is 5.56 Å². The lowest BCUT2D eigenvalue weighted by atomic mass is 9.98. The number of hydrogen-bond donors (Lipinski definition) is 0. The Balaban J connectivity index is 1.63. The van der Waals surface area contributed by atoms with Crippen molar-refractivity contribution in [3.63, 3.8) is 0 Å². The molecule has 0 saturated heterocycles. The van der Waals surface area contributed by atoms with E-state index in [-0.39, 0.29) is 11.6 Å². The zero-order valence-corrected chi connectivity index (χ0v) is 20.3. The van der Waals surface area contributed by atoms with Crippen LogP contribution in [0.15, 0.2) is 108 Å². The van der Waals surface area contributed by atoms with E-state index in [4.69, 9.17) is 4.98 Å². The van der Waals surface area contributed by atoms with Crippen molar-refractivity contribution in [2.75, 3.05) is 11.9 Å². The quantitative estimate of drug-likeness (QED) is 0.258. The first-order valence-electron chi connectivity index (χ1n) is 11.8. The number of benzene rings is 4. The van der Waals surface area contributed by atoms with E-state index in [9.17, 15) is 18.0 Å². The summed E-state index contributed by atoms with van der Waals surface area (Å²) in [5, 5.41) is 0.429. The predicted molar refractivity (Wildman–Crippen MR) is 140 cm³/mol.